The summed E-state index contributed by atoms with van der Waals surface area (Å²) in [5.74, 6) is -2.38. The number of nitrogen functional groups attached to an aromatic ring is 1. The van der Waals surface area contributed by atoms with Crippen molar-refractivity contribution in [2.75, 3.05) is 17.6 Å². The molecule has 0 aromatic carbocycles. The van der Waals surface area contributed by atoms with E-state index in [0.29, 0.717) is 12.4 Å². The van der Waals surface area contributed by atoms with Crippen LogP contribution < -0.4 is 16.8 Å². The van der Waals surface area contributed by atoms with Crippen LogP contribution in [0.3, 0.4) is 0 Å². The molecule has 0 fully saturated rings. The van der Waals surface area contributed by atoms with E-state index in [1.807, 2.05) is 6.92 Å². The number of aromatic nitrogens is 1. The number of nitrogens with two attached hydrogens (primary N) is 2. The molecule has 12 heteroatoms. The Hall–Kier alpha value is -2.63. The first-order valence-electron chi connectivity index (χ1n) is 5.66. The number of anilines is 2. The summed E-state index contributed by atoms with van der Waals surface area (Å²) in [6.45, 7) is 2.32. The zero-order valence-corrected chi connectivity index (χ0v) is 11.3. The van der Waals surface area contributed by atoms with Crippen molar-refractivity contribution in [3.05, 3.63) is 22.2 Å². The second kappa shape index (κ2) is 7.97. The van der Waals surface area contributed by atoms with Gasteiger partial charge >= 0.3 is 17.8 Å². The topological polar surface area (TPSA) is 157 Å². The van der Waals surface area contributed by atoms with Crippen molar-refractivity contribution < 1.29 is 28.0 Å². The Morgan fingerprint density at radius 2 is 2.05 bits per heavy atom. The number of nitro groups is 1. The van der Waals surface area contributed by atoms with E-state index in [0.717, 1.165) is 0 Å². The molecule has 9 nitrogen and oxygen atoms in total. The number of alkyl halides is 3. The second-order valence-corrected chi connectivity index (χ2v) is 3.94. The molecule has 22 heavy (non-hydrogen) atoms. The van der Waals surface area contributed by atoms with Gasteiger partial charge in [0.15, 0.2) is 0 Å². The van der Waals surface area contributed by atoms with E-state index < -0.39 is 17.1 Å². The third-order valence-corrected chi connectivity index (χ3v) is 2.09. The third kappa shape index (κ3) is 6.69. The van der Waals surface area contributed by atoms with Crippen LogP contribution in [0, 0.1) is 10.1 Å². The molecule has 0 aliphatic carbocycles. The van der Waals surface area contributed by atoms with Gasteiger partial charge in [-0.3, -0.25) is 10.1 Å². The predicted octanol–water partition coefficient (Wildman–Crippen LogP) is 0.964. The number of nitrogens with one attached hydrogen (secondary N) is 1. The highest BCUT2D eigenvalue weighted by atomic mass is 19.4. The monoisotopic (exact) mass is 325 g/mol. The number of rotatable bonds is 4. The van der Waals surface area contributed by atoms with Crippen LogP contribution in [-0.4, -0.2) is 39.7 Å². The molecule has 0 radical (unpaired) electrons. The van der Waals surface area contributed by atoms with Crippen LogP contribution in [-0.2, 0) is 4.79 Å². The smallest absolute Gasteiger partial charge is 0.475 e. The summed E-state index contributed by atoms with van der Waals surface area (Å²) in [5, 5.41) is 20.5. The van der Waals surface area contributed by atoms with E-state index in [-0.39, 0.29) is 17.5 Å². The first-order chi connectivity index (χ1) is 9.98. The van der Waals surface area contributed by atoms with Crippen molar-refractivity contribution in [1.82, 2.24) is 4.98 Å². The van der Waals surface area contributed by atoms with Crippen molar-refractivity contribution in [3.63, 3.8) is 0 Å². The average molecular weight is 325 g/mol. The average Bonchev–Trinajstić information content (AvgIpc) is 2.37. The van der Waals surface area contributed by atoms with Gasteiger partial charge in [-0.15, -0.1) is 0 Å². The molecule has 1 rings (SSSR count). The fourth-order valence-corrected chi connectivity index (χ4v) is 1.01. The fraction of sp³-hybridized carbons (Fsp3) is 0.400. The largest absolute Gasteiger partial charge is 0.490 e. The summed E-state index contributed by atoms with van der Waals surface area (Å²) in [4.78, 5) is 22.6. The molecular weight excluding hydrogens is 311 g/mol. The molecule has 1 unspecified atom stereocenters. The number of aliphatic carboxylic acids is 1. The quantitative estimate of drug-likeness (QED) is 0.471. The number of hydrogen-bond acceptors (Lipinski definition) is 7. The van der Waals surface area contributed by atoms with E-state index in [4.69, 9.17) is 21.4 Å². The Morgan fingerprint density at radius 3 is 2.36 bits per heavy atom. The molecule has 1 aromatic rings. The lowest BCUT2D eigenvalue weighted by atomic mass is 10.3. The summed E-state index contributed by atoms with van der Waals surface area (Å²) in [6, 6.07) is 2.85. The molecule has 0 saturated heterocycles. The molecule has 1 heterocycles. The van der Waals surface area contributed by atoms with Crippen molar-refractivity contribution in [3.8, 4) is 0 Å². The lowest BCUT2D eigenvalue weighted by molar-refractivity contribution is -0.384. The van der Waals surface area contributed by atoms with Gasteiger partial charge in [0.05, 0.1) is 4.92 Å². The Morgan fingerprint density at radius 1 is 1.55 bits per heavy atom. The Bertz CT molecular complexity index is 538. The number of nitrogens with zero attached hydrogens (tertiary/aromatic N) is 2. The number of hydrogen-bond donors (Lipinski definition) is 4. The van der Waals surface area contributed by atoms with E-state index in [9.17, 15) is 23.3 Å². The van der Waals surface area contributed by atoms with Gasteiger partial charge in [-0.1, -0.05) is 0 Å². The van der Waals surface area contributed by atoms with Gasteiger partial charge in [0.2, 0.25) is 5.82 Å². The second-order valence-electron chi connectivity index (χ2n) is 3.94. The van der Waals surface area contributed by atoms with Gasteiger partial charge in [0.25, 0.3) is 0 Å². The maximum Gasteiger partial charge on any atom is 0.490 e. The van der Waals surface area contributed by atoms with Gasteiger partial charge < -0.3 is 21.9 Å². The maximum atomic E-state index is 10.6. The molecule has 0 spiro atoms. The number of halogens is 3. The SMILES string of the molecule is CC(CN)Nc1ccc([N+](=O)[O-])c(N)n1.O=C(O)C(F)(F)F. The molecule has 6 N–H and O–H groups in total. The van der Waals surface area contributed by atoms with Gasteiger partial charge in [-0.05, 0) is 13.0 Å². The maximum absolute atomic E-state index is 10.6. The van der Waals surface area contributed by atoms with Crippen LogP contribution >= 0.6 is 0 Å². The summed E-state index contributed by atoms with van der Waals surface area (Å²) in [7, 11) is 0. The lowest BCUT2D eigenvalue weighted by Crippen LogP contribution is -2.25. The van der Waals surface area contributed by atoms with E-state index in [1.165, 1.54) is 12.1 Å². The van der Waals surface area contributed by atoms with E-state index in [1.54, 1.807) is 0 Å². The van der Waals surface area contributed by atoms with Crippen LogP contribution in [0.5, 0.6) is 0 Å². The van der Waals surface area contributed by atoms with E-state index >= 15 is 0 Å². The molecule has 0 saturated carbocycles. The van der Waals surface area contributed by atoms with Gasteiger partial charge in [-0.25, -0.2) is 9.78 Å². The van der Waals surface area contributed by atoms with Gasteiger partial charge in [0.1, 0.15) is 5.82 Å². The van der Waals surface area contributed by atoms with Gasteiger partial charge in [0, 0.05) is 18.7 Å². The van der Waals surface area contributed by atoms with Crippen LogP contribution in [0.2, 0.25) is 0 Å². The minimum atomic E-state index is -5.08. The highest BCUT2D eigenvalue weighted by Crippen LogP contribution is 2.20. The zero-order valence-electron chi connectivity index (χ0n) is 11.3. The fourth-order valence-electron chi connectivity index (χ4n) is 1.01. The standard InChI is InChI=1S/C8H13N5O2.C2HF3O2/c1-5(4-9)11-7-3-2-6(13(14)15)8(10)12-7;3-2(4,5)1(6)7/h2-3,5H,4,9H2,1H3,(H3,10,11,12);(H,6,7). The Balaban J connectivity index is 0.000000534. The Labute approximate surface area is 122 Å². The van der Waals surface area contributed by atoms with Crippen LogP contribution in [0.25, 0.3) is 0 Å². The highest BCUT2D eigenvalue weighted by Gasteiger charge is 2.38. The third-order valence-electron chi connectivity index (χ3n) is 2.09. The van der Waals surface area contributed by atoms with Crippen molar-refractivity contribution in [2.45, 2.75) is 19.1 Å². The van der Waals surface area contributed by atoms with Crippen molar-refractivity contribution >= 4 is 23.3 Å². The van der Waals surface area contributed by atoms with E-state index in [2.05, 4.69) is 10.3 Å². The zero-order chi connectivity index (χ0) is 17.5. The number of carboxylic acids is 1. The van der Waals surface area contributed by atoms with Crippen molar-refractivity contribution in [1.29, 1.82) is 0 Å². The molecular formula is C10H14F3N5O4. The van der Waals surface area contributed by atoms with Crippen LogP contribution in [0.15, 0.2) is 12.1 Å². The molecule has 1 aromatic heterocycles. The summed E-state index contributed by atoms with van der Waals surface area (Å²) < 4.78 is 31.7. The minimum absolute atomic E-state index is 0.0401. The molecule has 0 aliphatic heterocycles. The number of carbonyl (C=O) groups is 1. The minimum Gasteiger partial charge on any atom is -0.475 e. The number of carboxylic acid groups (broad SMARTS) is 1. The molecule has 1 atom stereocenters. The first-order valence-corrected chi connectivity index (χ1v) is 5.66. The predicted molar refractivity (Wildman–Crippen MR) is 71.1 cm³/mol. The van der Waals surface area contributed by atoms with Gasteiger partial charge in [-0.2, -0.15) is 13.2 Å². The molecule has 124 valence electrons. The van der Waals surface area contributed by atoms with Crippen LogP contribution in [0.4, 0.5) is 30.5 Å². The first kappa shape index (κ1) is 19.4. The summed E-state index contributed by atoms with van der Waals surface area (Å²) in [6.07, 6.45) is -5.08. The van der Waals surface area contributed by atoms with Crippen LogP contribution in [0.1, 0.15) is 6.92 Å². The number of pyridine rings is 1. The Kier molecular flexibility index (Phi) is 7.02. The molecule has 0 aliphatic rings. The van der Waals surface area contributed by atoms with Crippen molar-refractivity contribution in [2.24, 2.45) is 5.73 Å². The normalized spacial score (nSPS) is 11.9. The molecule has 0 bridgehead atoms. The molecule has 0 amide bonds. The lowest BCUT2D eigenvalue weighted by Gasteiger charge is -2.11. The summed E-state index contributed by atoms with van der Waals surface area (Å²) >= 11 is 0. The highest BCUT2D eigenvalue weighted by molar-refractivity contribution is 5.73. The summed E-state index contributed by atoms with van der Waals surface area (Å²) in [5.41, 5.74) is 10.6.